The van der Waals surface area contributed by atoms with Crippen LogP contribution < -0.4 is 0 Å². The van der Waals surface area contributed by atoms with Gasteiger partial charge in [0.05, 0.1) is 29.9 Å². The van der Waals surface area contributed by atoms with Gasteiger partial charge in [-0.3, -0.25) is 9.36 Å². The zero-order chi connectivity index (χ0) is 23.8. The molecule has 1 fully saturated rings. The van der Waals surface area contributed by atoms with Gasteiger partial charge in [0.25, 0.3) is 0 Å². The fraction of sp³-hybridized carbons (Fsp3) is 0.273. The van der Waals surface area contributed by atoms with Crippen LogP contribution in [0.3, 0.4) is 0 Å². The third-order valence-electron chi connectivity index (χ3n) is 6.00. The predicted molar refractivity (Wildman–Crippen MR) is 125 cm³/mol. The molecule has 177 valence electrons. The Kier molecular flexibility index (Phi) is 5.34. The van der Waals surface area contributed by atoms with Crippen molar-refractivity contribution in [2.24, 2.45) is 0 Å². The normalized spacial score (nSPS) is 14.7. The van der Waals surface area contributed by atoms with Crippen molar-refractivity contribution in [2.75, 3.05) is 13.1 Å². The van der Waals surface area contributed by atoms with Crippen molar-refractivity contribution in [1.82, 2.24) is 48.8 Å². The maximum atomic E-state index is 12.8. The summed E-state index contributed by atoms with van der Waals surface area (Å²) in [5.41, 5.74) is 2.95. The van der Waals surface area contributed by atoms with Crippen LogP contribution in [-0.2, 0) is 23.1 Å². The zero-order valence-electron chi connectivity index (χ0n) is 18.6. The number of fused-ring (bicyclic) bond motifs is 1. The summed E-state index contributed by atoms with van der Waals surface area (Å²) in [4.78, 5) is 8.80. The fourth-order valence-corrected chi connectivity index (χ4v) is 5.68. The van der Waals surface area contributed by atoms with E-state index in [1.807, 2.05) is 27.8 Å². The van der Waals surface area contributed by atoms with Crippen LogP contribution in [0.25, 0.3) is 28.1 Å². The number of hydrogen-bond donors (Lipinski definition) is 0. The third kappa shape index (κ3) is 3.98. The average Bonchev–Trinajstić information content (AvgIpc) is 3.70. The van der Waals surface area contributed by atoms with Crippen molar-refractivity contribution in [3.63, 3.8) is 0 Å². The predicted octanol–water partition coefficient (Wildman–Crippen LogP) is 1.56. The van der Waals surface area contributed by atoms with E-state index in [-0.39, 0.29) is 4.90 Å². The largest absolute Gasteiger partial charge is 0.271 e. The first-order chi connectivity index (χ1) is 17.1. The van der Waals surface area contributed by atoms with Gasteiger partial charge >= 0.3 is 0 Å². The second-order valence-corrected chi connectivity index (χ2v) is 10.1. The Morgan fingerprint density at radius 1 is 0.971 bits per heavy atom. The molecule has 1 saturated heterocycles. The Labute approximate surface area is 200 Å². The Morgan fingerprint density at radius 3 is 2.54 bits per heavy atom. The van der Waals surface area contributed by atoms with Gasteiger partial charge in [0.2, 0.25) is 16.4 Å². The molecule has 1 radical (unpaired) electrons. The summed E-state index contributed by atoms with van der Waals surface area (Å²) in [6.45, 7) is 2.47. The molecule has 0 saturated carbocycles. The van der Waals surface area contributed by atoms with Gasteiger partial charge in [0.15, 0.2) is 11.2 Å². The second kappa shape index (κ2) is 8.67. The van der Waals surface area contributed by atoms with Crippen LogP contribution in [0, 0.1) is 6.33 Å². The number of aromatic nitrogens is 9. The van der Waals surface area contributed by atoms with E-state index < -0.39 is 10.0 Å². The van der Waals surface area contributed by atoms with Gasteiger partial charge in [0, 0.05) is 37.2 Å². The van der Waals surface area contributed by atoms with Gasteiger partial charge in [0.1, 0.15) is 5.69 Å². The molecule has 13 heteroatoms. The second-order valence-electron chi connectivity index (χ2n) is 8.21. The molecule has 0 atom stereocenters. The fourth-order valence-electron chi connectivity index (χ4n) is 4.16. The van der Waals surface area contributed by atoms with Crippen LogP contribution in [-0.4, -0.2) is 70.3 Å². The number of benzene rings is 1. The molecule has 0 bridgehead atoms. The first kappa shape index (κ1) is 21.6. The van der Waals surface area contributed by atoms with Crippen molar-refractivity contribution < 1.29 is 8.42 Å². The molecule has 1 aliphatic rings. The number of nitrogens with zero attached hydrogens (tertiary/aromatic N) is 10. The monoisotopic (exact) mass is 489 g/mol. The van der Waals surface area contributed by atoms with Crippen LogP contribution in [0.1, 0.15) is 12.8 Å². The molecule has 0 aliphatic carbocycles. The number of aryl methyl sites for hydroxylation is 2. The Hall–Kier alpha value is -3.97. The lowest BCUT2D eigenvalue weighted by molar-refractivity contribution is 0.477. The van der Waals surface area contributed by atoms with Crippen LogP contribution in [0.5, 0.6) is 0 Å². The topological polar surface area (TPSA) is 130 Å². The molecule has 12 nitrogen and oxygen atoms in total. The highest BCUT2D eigenvalue weighted by molar-refractivity contribution is 7.89. The summed E-state index contributed by atoms with van der Waals surface area (Å²) < 4.78 is 32.4. The summed E-state index contributed by atoms with van der Waals surface area (Å²) in [6.07, 6.45) is 11.7. The van der Waals surface area contributed by atoms with Crippen LogP contribution >= 0.6 is 0 Å². The first-order valence-corrected chi connectivity index (χ1v) is 12.6. The quantitative estimate of drug-likeness (QED) is 0.337. The van der Waals surface area contributed by atoms with Crippen LogP contribution in [0.2, 0.25) is 0 Å². The molecule has 5 aromatic rings. The molecule has 1 aliphatic heterocycles. The van der Waals surface area contributed by atoms with E-state index >= 15 is 0 Å². The standard InChI is InChI=1S/C22H21N10O2S/c33-35(34,31-10-1-2-11-31)19-6-4-18(5-7-19)32-22-21(27-28-32)20(23-16-24-22)17-14-26-30(15-17)13-12-29-9-3-8-25-29/h3-9,14-15H,1-2,10-13H2. The lowest BCUT2D eigenvalue weighted by atomic mass is 10.2. The van der Waals surface area contributed by atoms with Gasteiger partial charge < -0.3 is 0 Å². The molecule has 4 aromatic heterocycles. The summed E-state index contributed by atoms with van der Waals surface area (Å²) in [7, 11) is -3.48. The molecule has 6 rings (SSSR count). The maximum absolute atomic E-state index is 12.8. The molecule has 0 spiro atoms. The van der Waals surface area contributed by atoms with Gasteiger partial charge in [-0.2, -0.15) is 19.2 Å². The highest BCUT2D eigenvalue weighted by Gasteiger charge is 2.27. The Balaban J connectivity index is 1.27. The molecule has 1 aromatic carbocycles. The van der Waals surface area contributed by atoms with Gasteiger partial charge in [-0.25, -0.2) is 18.4 Å². The van der Waals surface area contributed by atoms with E-state index in [0.717, 1.165) is 18.4 Å². The summed E-state index contributed by atoms with van der Waals surface area (Å²) >= 11 is 0. The highest BCUT2D eigenvalue weighted by atomic mass is 32.2. The van der Waals surface area contributed by atoms with E-state index in [2.05, 4.69) is 36.8 Å². The van der Waals surface area contributed by atoms with Crippen molar-refractivity contribution in [3.8, 4) is 16.9 Å². The SMILES string of the molecule is O=S(=O)(c1ccc(-n2nnc3c(-c4cnn(CCn5cccn5)c4)n[c]nc32)cc1)N1CCCC1. The van der Waals surface area contributed by atoms with Gasteiger partial charge in [-0.05, 0) is 43.2 Å². The van der Waals surface area contributed by atoms with Gasteiger partial charge in [-0.1, -0.05) is 5.21 Å². The summed E-state index contributed by atoms with van der Waals surface area (Å²) in [6, 6.07) is 8.46. The molecule has 35 heavy (non-hydrogen) atoms. The number of sulfonamides is 1. The maximum Gasteiger partial charge on any atom is 0.243 e. The number of hydrogen-bond acceptors (Lipinski definition) is 8. The molecule has 0 N–H and O–H groups in total. The van der Waals surface area contributed by atoms with Crippen molar-refractivity contribution in [3.05, 3.63) is 61.4 Å². The third-order valence-corrected chi connectivity index (χ3v) is 7.91. The minimum Gasteiger partial charge on any atom is -0.271 e. The zero-order valence-corrected chi connectivity index (χ0v) is 19.5. The smallest absolute Gasteiger partial charge is 0.243 e. The van der Waals surface area contributed by atoms with E-state index in [9.17, 15) is 8.42 Å². The molecule has 0 unspecified atom stereocenters. The van der Waals surface area contributed by atoms with Crippen molar-refractivity contribution in [1.29, 1.82) is 0 Å². The van der Waals surface area contributed by atoms with E-state index in [1.165, 1.54) is 4.31 Å². The minimum absolute atomic E-state index is 0.261. The first-order valence-electron chi connectivity index (χ1n) is 11.2. The molecular formula is C22H21N10O2S. The minimum atomic E-state index is -3.48. The summed E-state index contributed by atoms with van der Waals surface area (Å²) in [5.74, 6) is 0. The molecule has 0 amide bonds. The number of rotatable bonds is 7. The van der Waals surface area contributed by atoms with E-state index in [4.69, 9.17) is 0 Å². The molecule has 5 heterocycles. The lowest BCUT2D eigenvalue weighted by Crippen LogP contribution is -2.27. The Bertz CT molecular complexity index is 1570. The van der Waals surface area contributed by atoms with E-state index in [0.29, 0.717) is 48.7 Å². The van der Waals surface area contributed by atoms with Crippen LogP contribution in [0.15, 0.2) is 60.0 Å². The van der Waals surface area contributed by atoms with Gasteiger partial charge in [-0.15, -0.1) is 5.10 Å². The summed E-state index contributed by atoms with van der Waals surface area (Å²) in [5, 5.41) is 17.2. The van der Waals surface area contributed by atoms with Crippen LogP contribution in [0.4, 0.5) is 0 Å². The highest BCUT2D eigenvalue weighted by Crippen LogP contribution is 2.26. The van der Waals surface area contributed by atoms with Crippen molar-refractivity contribution >= 4 is 21.2 Å². The van der Waals surface area contributed by atoms with E-state index in [1.54, 1.807) is 41.3 Å². The van der Waals surface area contributed by atoms with Crippen molar-refractivity contribution in [2.45, 2.75) is 30.8 Å². The average molecular weight is 490 g/mol. The lowest BCUT2D eigenvalue weighted by Gasteiger charge is -2.15. The molecular weight excluding hydrogens is 468 g/mol. The Morgan fingerprint density at radius 2 is 1.77 bits per heavy atom.